The number of nitrogens with one attached hydrogen (secondary N) is 1. The van der Waals surface area contributed by atoms with E-state index in [9.17, 15) is 4.79 Å². The molecular weight excluding hydrogens is 492 g/mol. The van der Waals surface area contributed by atoms with E-state index < -0.39 is 0 Å². The lowest BCUT2D eigenvalue weighted by molar-refractivity contribution is 0.104. The molecule has 1 N–H and O–H groups in total. The van der Waals surface area contributed by atoms with Crippen LogP contribution in [0.4, 0.5) is 0 Å². The third-order valence-electron chi connectivity index (χ3n) is 7.07. The number of ketones is 1. The van der Waals surface area contributed by atoms with Crippen LogP contribution in [0.1, 0.15) is 28.8 Å². The first-order chi connectivity index (χ1) is 18.7. The molecular formula is C32H32N2O3S. The molecule has 2 aliphatic rings. The van der Waals surface area contributed by atoms with Crippen molar-refractivity contribution in [2.75, 3.05) is 39.4 Å². The van der Waals surface area contributed by atoms with Gasteiger partial charge in [-0.1, -0.05) is 30.4 Å². The lowest BCUT2D eigenvalue weighted by atomic mass is 9.97. The molecule has 0 amide bonds. The number of fused-ring (bicyclic) bond motifs is 1. The highest BCUT2D eigenvalue weighted by atomic mass is 32.1. The van der Waals surface area contributed by atoms with E-state index in [0.29, 0.717) is 24.8 Å². The van der Waals surface area contributed by atoms with Gasteiger partial charge in [-0.2, -0.15) is 0 Å². The first-order valence-corrected chi connectivity index (χ1v) is 14.2. The Morgan fingerprint density at radius 2 is 1.55 bits per heavy atom. The Labute approximate surface area is 227 Å². The van der Waals surface area contributed by atoms with E-state index in [1.807, 2.05) is 54.6 Å². The van der Waals surface area contributed by atoms with Gasteiger partial charge in [-0.25, -0.2) is 0 Å². The quantitative estimate of drug-likeness (QED) is 0.136. The van der Waals surface area contributed by atoms with E-state index in [4.69, 9.17) is 9.47 Å². The standard InChI is InChI=1S/C32H32N2O3S/c35-31(23-7-13-26(14-8-23)36-21-17-33-25-11-12-25)30-28-5-1-2-6-29(28)38-32(30)24-9-15-27(16-10-24)37-22-20-34-18-3-4-19-34/h1-2,5-16,25,33H,3-4,17-22H2. The van der Waals surface area contributed by atoms with Gasteiger partial charge in [-0.15, -0.1) is 11.3 Å². The fourth-order valence-corrected chi connectivity index (χ4v) is 6.11. The molecule has 0 spiro atoms. The Balaban J connectivity index is 1.18. The molecule has 2 heterocycles. The molecule has 1 fully saturated rings. The van der Waals surface area contributed by atoms with Crippen molar-refractivity contribution in [3.63, 3.8) is 0 Å². The Hall–Kier alpha value is -3.45. The van der Waals surface area contributed by atoms with Crippen molar-refractivity contribution in [3.05, 3.63) is 96.1 Å². The van der Waals surface area contributed by atoms with Crippen molar-refractivity contribution in [2.24, 2.45) is 0 Å². The van der Waals surface area contributed by atoms with Crippen LogP contribution >= 0.6 is 11.3 Å². The number of hydrogen-bond donors (Lipinski definition) is 1. The molecule has 0 atom stereocenters. The van der Waals surface area contributed by atoms with E-state index >= 15 is 0 Å². The molecule has 5 nitrogen and oxygen atoms in total. The summed E-state index contributed by atoms with van der Waals surface area (Å²) in [5.41, 5.74) is 2.44. The first kappa shape index (κ1) is 24.9. The van der Waals surface area contributed by atoms with Gasteiger partial charge in [-0.3, -0.25) is 9.69 Å². The van der Waals surface area contributed by atoms with Crippen LogP contribution < -0.4 is 14.8 Å². The molecule has 194 valence electrons. The Kier molecular flexibility index (Phi) is 7.54. The van der Waals surface area contributed by atoms with Crippen molar-refractivity contribution < 1.29 is 14.3 Å². The molecule has 0 bridgehead atoms. The molecule has 1 saturated heterocycles. The van der Waals surface area contributed by atoms with Gasteiger partial charge >= 0.3 is 0 Å². The highest BCUT2D eigenvalue weighted by Gasteiger charge is 2.21. The summed E-state index contributed by atoms with van der Waals surface area (Å²) in [4.78, 5) is 17.3. The summed E-state index contributed by atoms with van der Waals surface area (Å²) in [6, 6.07) is 24.2. The van der Waals surface area contributed by atoms with Gasteiger partial charge in [0.2, 0.25) is 0 Å². The zero-order valence-electron chi connectivity index (χ0n) is 21.4. The van der Waals surface area contributed by atoms with Crippen LogP contribution in [0.3, 0.4) is 0 Å². The van der Waals surface area contributed by atoms with Crippen molar-refractivity contribution in [1.82, 2.24) is 10.2 Å². The number of carbonyl (C=O) groups excluding carboxylic acids is 1. The zero-order valence-corrected chi connectivity index (χ0v) is 22.2. The van der Waals surface area contributed by atoms with Crippen molar-refractivity contribution in [2.45, 2.75) is 18.9 Å². The SMILES string of the molecule is O=C(c1ccc(OCCNC2C=C2)cc1)c1c(-c2ccc(OCCN3CCCC3)cc2)sc2ccccc12. The summed E-state index contributed by atoms with van der Waals surface area (Å²) < 4.78 is 12.9. The zero-order chi connectivity index (χ0) is 25.7. The van der Waals surface area contributed by atoms with E-state index in [1.54, 1.807) is 11.3 Å². The van der Waals surface area contributed by atoms with Crippen LogP contribution in [-0.4, -0.2) is 56.1 Å². The number of carbonyl (C=O) groups is 1. The molecule has 0 radical (unpaired) electrons. The smallest absolute Gasteiger partial charge is 0.195 e. The minimum Gasteiger partial charge on any atom is -0.492 e. The highest BCUT2D eigenvalue weighted by Crippen LogP contribution is 2.40. The molecule has 3 aromatic carbocycles. The molecule has 1 aliphatic heterocycles. The van der Waals surface area contributed by atoms with Crippen LogP contribution in [0.15, 0.2) is 84.9 Å². The van der Waals surface area contributed by atoms with Gasteiger partial charge in [0, 0.05) is 45.2 Å². The van der Waals surface area contributed by atoms with Gasteiger partial charge in [0.05, 0.1) is 0 Å². The van der Waals surface area contributed by atoms with Crippen LogP contribution in [0.5, 0.6) is 11.5 Å². The fraction of sp³-hybridized carbons (Fsp3) is 0.281. The van der Waals surface area contributed by atoms with E-state index in [-0.39, 0.29) is 5.78 Å². The number of benzene rings is 3. The second kappa shape index (κ2) is 11.5. The van der Waals surface area contributed by atoms with Crippen molar-refractivity contribution in [3.8, 4) is 21.9 Å². The average molecular weight is 525 g/mol. The molecule has 1 aromatic heterocycles. The second-order valence-corrected chi connectivity index (χ2v) is 10.8. The fourth-order valence-electron chi connectivity index (χ4n) is 4.91. The number of likely N-dealkylation sites (tertiary alicyclic amines) is 1. The summed E-state index contributed by atoms with van der Waals surface area (Å²) in [6.45, 7) is 5.38. The summed E-state index contributed by atoms with van der Waals surface area (Å²) >= 11 is 1.66. The van der Waals surface area contributed by atoms with Crippen molar-refractivity contribution in [1.29, 1.82) is 0 Å². The van der Waals surface area contributed by atoms with Gasteiger partial charge in [-0.05, 0) is 86.1 Å². The molecule has 0 saturated carbocycles. The maximum atomic E-state index is 13.8. The number of thiophene rings is 1. The molecule has 4 aromatic rings. The lowest BCUT2D eigenvalue weighted by Gasteiger charge is -2.15. The number of nitrogens with zero attached hydrogens (tertiary/aromatic N) is 1. The average Bonchev–Trinajstić information content (AvgIpc) is 3.48. The van der Waals surface area contributed by atoms with Gasteiger partial charge in [0.15, 0.2) is 5.78 Å². The Morgan fingerprint density at radius 3 is 2.29 bits per heavy atom. The number of hydrogen-bond acceptors (Lipinski definition) is 6. The topological polar surface area (TPSA) is 50.8 Å². The van der Waals surface area contributed by atoms with Gasteiger partial charge < -0.3 is 14.8 Å². The first-order valence-electron chi connectivity index (χ1n) is 13.4. The van der Waals surface area contributed by atoms with Crippen LogP contribution in [-0.2, 0) is 0 Å². The van der Waals surface area contributed by atoms with E-state index in [0.717, 1.165) is 50.7 Å². The lowest BCUT2D eigenvalue weighted by Crippen LogP contribution is -2.25. The predicted octanol–water partition coefficient (Wildman–Crippen LogP) is 6.18. The monoisotopic (exact) mass is 524 g/mol. The molecule has 38 heavy (non-hydrogen) atoms. The molecule has 6 heteroatoms. The summed E-state index contributed by atoms with van der Waals surface area (Å²) in [5, 5.41) is 4.33. The van der Waals surface area contributed by atoms with E-state index in [1.165, 1.54) is 25.9 Å². The van der Waals surface area contributed by atoms with Gasteiger partial charge in [0.1, 0.15) is 24.7 Å². The normalized spacial score (nSPS) is 15.3. The van der Waals surface area contributed by atoms with E-state index in [2.05, 4.69) is 40.6 Å². The largest absolute Gasteiger partial charge is 0.492 e. The van der Waals surface area contributed by atoms with Crippen LogP contribution in [0, 0.1) is 0 Å². The van der Waals surface area contributed by atoms with Crippen LogP contribution in [0.2, 0.25) is 0 Å². The summed E-state index contributed by atoms with van der Waals surface area (Å²) in [7, 11) is 0. The maximum absolute atomic E-state index is 13.8. The maximum Gasteiger partial charge on any atom is 0.195 e. The van der Waals surface area contributed by atoms with Gasteiger partial charge in [0.25, 0.3) is 0 Å². The van der Waals surface area contributed by atoms with Crippen LogP contribution in [0.25, 0.3) is 20.5 Å². The number of rotatable bonds is 12. The summed E-state index contributed by atoms with van der Waals surface area (Å²) in [6.07, 6.45) is 6.81. The number of ether oxygens (including phenoxy) is 2. The Morgan fingerprint density at radius 1 is 0.868 bits per heavy atom. The summed E-state index contributed by atoms with van der Waals surface area (Å²) in [5.74, 6) is 1.65. The molecule has 6 rings (SSSR count). The van der Waals surface area contributed by atoms with Crippen molar-refractivity contribution >= 4 is 27.2 Å². The Bertz CT molecular complexity index is 1410. The molecule has 0 unspecified atom stereocenters. The molecule has 1 aliphatic carbocycles. The third kappa shape index (κ3) is 5.83. The minimum absolute atomic E-state index is 0.0245. The third-order valence-corrected chi connectivity index (χ3v) is 8.29. The minimum atomic E-state index is 0.0245. The highest BCUT2D eigenvalue weighted by molar-refractivity contribution is 7.22. The predicted molar refractivity (Wildman–Crippen MR) is 155 cm³/mol. The second-order valence-electron chi connectivity index (χ2n) is 9.79.